The Morgan fingerprint density at radius 3 is 2.87 bits per heavy atom. The number of hydrogen-bond donors (Lipinski definition) is 1. The lowest BCUT2D eigenvalue weighted by atomic mass is 10.3. The minimum Gasteiger partial charge on any atom is -0.314 e. The Bertz CT molecular complexity index is 317. The summed E-state index contributed by atoms with van der Waals surface area (Å²) >= 11 is 1.78. The van der Waals surface area contributed by atoms with Gasteiger partial charge in [-0.25, -0.2) is 0 Å². The van der Waals surface area contributed by atoms with Gasteiger partial charge in [0.25, 0.3) is 0 Å². The molecule has 2 rings (SSSR count). The Labute approximate surface area is 95.0 Å². The van der Waals surface area contributed by atoms with Crippen LogP contribution in [0.2, 0.25) is 0 Å². The average Bonchev–Trinajstić information content (AvgIpc) is 2.62. The van der Waals surface area contributed by atoms with Crippen molar-refractivity contribution in [1.82, 2.24) is 20.0 Å². The average molecular weight is 226 g/mol. The summed E-state index contributed by atoms with van der Waals surface area (Å²) in [5.41, 5.74) is 1.34. The Balaban J connectivity index is 2.04. The number of nitrogens with one attached hydrogen (secondary N) is 1. The highest BCUT2D eigenvalue weighted by atomic mass is 32.2. The summed E-state index contributed by atoms with van der Waals surface area (Å²) in [5, 5.41) is 7.67. The Morgan fingerprint density at radius 1 is 1.47 bits per heavy atom. The van der Waals surface area contributed by atoms with Crippen LogP contribution in [0.3, 0.4) is 0 Å². The van der Waals surface area contributed by atoms with Crippen molar-refractivity contribution in [1.29, 1.82) is 0 Å². The summed E-state index contributed by atoms with van der Waals surface area (Å²) < 4.78 is 1.99. The Hall–Kier alpha value is -0.520. The zero-order valence-corrected chi connectivity index (χ0v) is 10.2. The predicted molar refractivity (Wildman–Crippen MR) is 63.1 cm³/mol. The number of rotatable bonds is 3. The number of piperazine rings is 1. The normalized spacial score (nSPS) is 18.3. The van der Waals surface area contributed by atoms with Gasteiger partial charge >= 0.3 is 0 Å². The van der Waals surface area contributed by atoms with E-state index in [-0.39, 0.29) is 0 Å². The van der Waals surface area contributed by atoms with Crippen LogP contribution in [0.25, 0.3) is 0 Å². The molecule has 0 aromatic carbocycles. The van der Waals surface area contributed by atoms with Gasteiger partial charge in [-0.1, -0.05) is 0 Å². The van der Waals surface area contributed by atoms with Gasteiger partial charge in [0, 0.05) is 44.7 Å². The van der Waals surface area contributed by atoms with Gasteiger partial charge in [-0.2, -0.15) is 5.10 Å². The topological polar surface area (TPSA) is 33.1 Å². The van der Waals surface area contributed by atoms with Gasteiger partial charge in [0.1, 0.15) is 0 Å². The van der Waals surface area contributed by atoms with Crippen molar-refractivity contribution >= 4 is 11.8 Å². The largest absolute Gasteiger partial charge is 0.314 e. The molecule has 0 radical (unpaired) electrons. The number of nitrogens with zero attached hydrogens (tertiary/aromatic N) is 3. The molecule has 0 atom stereocenters. The van der Waals surface area contributed by atoms with Crippen LogP contribution < -0.4 is 5.32 Å². The molecular formula is C10H18N4S. The zero-order chi connectivity index (χ0) is 10.7. The molecular weight excluding hydrogens is 208 g/mol. The molecule has 1 N–H and O–H groups in total. The van der Waals surface area contributed by atoms with Crippen molar-refractivity contribution < 1.29 is 0 Å². The van der Waals surface area contributed by atoms with Crippen molar-refractivity contribution in [3.63, 3.8) is 0 Å². The van der Waals surface area contributed by atoms with Crippen molar-refractivity contribution in [2.75, 3.05) is 32.4 Å². The first kappa shape index (κ1) is 11.0. The smallest absolute Gasteiger partial charge is 0.0656 e. The van der Waals surface area contributed by atoms with E-state index in [4.69, 9.17) is 0 Å². The third-order valence-electron chi connectivity index (χ3n) is 2.83. The van der Waals surface area contributed by atoms with Crippen molar-refractivity contribution in [3.8, 4) is 0 Å². The molecule has 0 amide bonds. The lowest BCUT2D eigenvalue weighted by Gasteiger charge is -2.27. The fourth-order valence-corrected chi connectivity index (χ4v) is 2.46. The fourth-order valence-electron chi connectivity index (χ4n) is 1.87. The van der Waals surface area contributed by atoms with Crippen LogP contribution in [0.1, 0.15) is 5.69 Å². The highest BCUT2D eigenvalue weighted by Crippen LogP contribution is 2.20. The second-order valence-electron chi connectivity index (χ2n) is 3.81. The first-order valence-electron chi connectivity index (χ1n) is 5.29. The molecule has 0 bridgehead atoms. The summed E-state index contributed by atoms with van der Waals surface area (Å²) in [6, 6.07) is 0. The van der Waals surface area contributed by atoms with Gasteiger partial charge < -0.3 is 5.32 Å². The fraction of sp³-hybridized carbons (Fsp3) is 0.700. The molecule has 0 saturated carbocycles. The van der Waals surface area contributed by atoms with Gasteiger partial charge in [-0.15, -0.1) is 11.8 Å². The molecule has 2 heterocycles. The molecule has 4 nitrogen and oxygen atoms in total. The van der Waals surface area contributed by atoms with Crippen LogP contribution in [0.5, 0.6) is 0 Å². The predicted octanol–water partition coefficient (Wildman–Crippen LogP) is 0.547. The third kappa shape index (κ3) is 2.53. The van der Waals surface area contributed by atoms with Crippen LogP contribution >= 0.6 is 11.8 Å². The summed E-state index contributed by atoms with van der Waals surface area (Å²) in [6.07, 6.45) is 4.07. The Morgan fingerprint density at radius 2 is 2.20 bits per heavy atom. The van der Waals surface area contributed by atoms with E-state index >= 15 is 0 Å². The summed E-state index contributed by atoms with van der Waals surface area (Å²) in [4.78, 5) is 3.78. The number of hydrogen-bond acceptors (Lipinski definition) is 4. The molecule has 1 aliphatic heterocycles. The van der Waals surface area contributed by atoms with E-state index in [2.05, 4.69) is 21.6 Å². The molecule has 84 valence electrons. The quantitative estimate of drug-likeness (QED) is 0.763. The third-order valence-corrected chi connectivity index (χ3v) is 3.61. The molecule has 1 saturated heterocycles. The van der Waals surface area contributed by atoms with E-state index in [0.717, 1.165) is 32.7 Å². The molecule has 0 unspecified atom stereocenters. The lowest BCUT2D eigenvalue weighted by molar-refractivity contribution is 0.226. The number of aryl methyl sites for hydroxylation is 1. The van der Waals surface area contributed by atoms with Crippen LogP contribution in [0, 0.1) is 0 Å². The van der Waals surface area contributed by atoms with Crippen molar-refractivity contribution in [2.24, 2.45) is 7.05 Å². The molecule has 0 aliphatic carbocycles. The van der Waals surface area contributed by atoms with E-state index in [1.807, 2.05) is 17.9 Å². The maximum Gasteiger partial charge on any atom is 0.0656 e. The number of aromatic nitrogens is 2. The van der Waals surface area contributed by atoms with Crippen LogP contribution in [-0.2, 0) is 13.6 Å². The van der Waals surface area contributed by atoms with Crippen molar-refractivity contribution in [3.05, 3.63) is 11.9 Å². The van der Waals surface area contributed by atoms with E-state index in [1.165, 1.54) is 10.6 Å². The number of thioether (sulfide) groups is 1. The summed E-state index contributed by atoms with van der Waals surface area (Å²) in [6.45, 7) is 5.51. The van der Waals surface area contributed by atoms with E-state index in [0.29, 0.717) is 0 Å². The Kier molecular flexibility index (Phi) is 3.66. The van der Waals surface area contributed by atoms with E-state index in [1.54, 1.807) is 11.8 Å². The molecule has 1 fully saturated rings. The van der Waals surface area contributed by atoms with Gasteiger partial charge in [0.2, 0.25) is 0 Å². The molecule has 15 heavy (non-hydrogen) atoms. The molecule has 1 aromatic heterocycles. The van der Waals surface area contributed by atoms with Gasteiger partial charge in [0.15, 0.2) is 0 Å². The first-order valence-corrected chi connectivity index (χ1v) is 6.51. The summed E-state index contributed by atoms with van der Waals surface area (Å²) in [7, 11) is 2.03. The van der Waals surface area contributed by atoms with Gasteiger partial charge in [-0.3, -0.25) is 9.58 Å². The second kappa shape index (κ2) is 5.01. The lowest BCUT2D eigenvalue weighted by Crippen LogP contribution is -2.43. The van der Waals surface area contributed by atoms with Crippen molar-refractivity contribution in [2.45, 2.75) is 11.4 Å². The minimum absolute atomic E-state index is 1.02. The molecule has 1 aromatic rings. The molecule has 5 heteroatoms. The van der Waals surface area contributed by atoms with Gasteiger partial charge in [-0.05, 0) is 6.26 Å². The van der Waals surface area contributed by atoms with E-state index < -0.39 is 0 Å². The highest BCUT2D eigenvalue weighted by Gasteiger charge is 2.14. The van der Waals surface area contributed by atoms with E-state index in [9.17, 15) is 0 Å². The maximum absolute atomic E-state index is 4.31. The second-order valence-corrected chi connectivity index (χ2v) is 4.66. The first-order chi connectivity index (χ1) is 7.31. The SMILES string of the molecule is CSc1cnn(C)c1CN1CCNCC1. The molecule has 1 aliphatic rings. The standard InChI is InChI=1S/C10H18N4S/c1-13-9(10(15-2)7-12-13)8-14-5-3-11-4-6-14/h7,11H,3-6,8H2,1-2H3. The minimum atomic E-state index is 1.02. The van der Waals surface area contributed by atoms with Crippen LogP contribution in [0.15, 0.2) is 11.1 Å². The van der Waals surface area contributed by atoms with Gasteiger partial charge in [0.05, 0.1) is 11.9 Å². The zero-order valence-electron chi connectivity index (χ0n) is 9.36. The summed E-state index contributed by atoms with van der Waals surface area (Å²) in [5.74, 6) is 0. The van der Waals surface area contributed by atoms with Crippen LogP contribution in [0.4, 0.5) is 0 Å². The van der Waals surface area contributed by atoms with Crippen LogP contribution in [-0.4, -0.2) is 47.1 Å². The highest BCUT2D eigenvalue weighted by molar-refractivity contribution is 7.98. The monoisotopic (exact) mass is 226 g/mol. The maximum atomic E-state index is 4.31. The molecule has 0 spiro atoms.